The molecule has 2 unspecified atom stereocenters. The van der Waals surface area contributed by atoms with Crippen LogP contribution >= 0.6 is 0 Å². The van der Waals surface area contributed by atoms with E-state index in [1.807, 2.05) is 0 Å². The van der Waals surface area contributed by atoms with Crippen molar-refractivity contribution in [2.24, 2.45) is 5.41 Å². The highest BCUT2D eigenvalue weighted by Gasteiger charge is 2.81. The molecule has 1 aliphatic rings. The fourth-order valence-corrected chi connectivity index (χ4v) is 6.87. The Morgan fingerprint density at radius 1 is 1.14 bits per heavy atom. The smallest absolute Gasteiger partial charge is 0.219 e. The van der Waals surface area contributed by atoms with E-state index in [2.05, 4.69) is 19.7 Å². The average Bonchev–Trinajstić information content (AvgIpc) is 2.40. The van der Waals surface area contributed by atoms with Crippen LogP contribution < -0.4 is 0 Å². The molecule has 0 saturated carbocycles. The van der Waals surface area contributed by atoms with Crippen molar-refractivity contribution in [2.75, 3.05) is 7.05 Å². The summed E-state index contributed by atoms with van der Waals surface area (Å²) in [6.07, 6.45) is 0.0144. The molecule has 0 radical (unpaired) electrons. The topological polar surface area (TPSA) is 71.5 Å². The van der Waals surface area contributed by atoms with Crippen LogP contribution in [-0.2, 0) is 20.0 Å². The molecular weight excluding hydrogens is 343 g/mol. The molecule has 0 aliphatic carbocycles. The molecule has 126 valence electrons. The number of alkyl halides is 3. The molecule has 0 bridgehead atoms. The van der Waals surface area contributed by atoms with E-state index in [4.69, 9.17) is 0 Å². The molecule has 1 fully saturated rings. The van der Waals surface area contributed by atoms with Gasteiger partial charge in [-0.25, -0.2) is 21.2 Å². The Morgan fingerprint density at radius 3 is 1.91 bits per heavy atom. The van der Waals surface area contributed by atoms with Crippen molar-refractivity contribution in [1.29, 1.82) is 0 Å². The first kappa shape index (κ1) is 18.9. The minimum atomic E-state index is -5.69. The summed E-state index contributed by atoms with van der Waals surface area (Å²) in [4.78, 5) is 0. The van der Waals surface area contributed by atoms with E-state index in [0.29, 0.717) is 7.05 Å². The summed E-state index contributed by atoms with van der Waals surface area (Å²) in [6, 6.07) is 0. The normalized spacial score (nSPS) is 36.4. The summed E-state index contributed by atoms with van der Waals surface area (Å²) in [5.74, 6) is 0. The van der Waals surface area contributed by atoms with Gasteiger partial charge in [0.2, 0.25) is 0 Å². The molecule has 5 nitrogen and oxygen atoms in total. The number of rotatable bonds is 4. The van der Waals surface area contributed by atoms with Crippen molar-refractivity contribution in [1.82, 2.24) is 3.71 Å². The zero-order valence-electron chi connectivity index (χ0n) is 12.0. The first-order chi connectivity index (χ1) is 9.72. The van der Waals surface area contributed by atoms with Crippen LogP contribution in [0, 0.1) is 5.41 Å². The third-order valence-electron chi connectivity index (χ3n) is 3.90. The van der Waals surface area contributed by atoms with Crippen LogP contribution in [0.5, 0.6) is 0 Å². The summed E-state index contributed by atoms with van der Waals surface area (Å²) in [7, 11) is -10.7. The number of nitrogens with zero attached hydrogens (tertiary/aromatic N) is 1. The van der Waals surface area contributed by atoms with Gasteiger partial charge in [0.25, 0.3) is 25.0 Å². The lowest BCUT2D eigenvalue weighted by Gasteiger charge is -2.51. The molecule has 10 heteroatoms. The van der Waals surface area contributed by atoms with Gasteiger partial charge < -0.3 is 0 Å². The Balaban J connectivity index is 4.18. The van der Waals surface area contributed by atoms with Crippen LogP contribution in [0.4, 0.5) is 13.2 Å². The van der Waals surface area contributed by atoms with E-state index < -0.39 is 51.4 Å². The minimum absolute atomic E-state index is 0.166. The largest absolute Gasteiger partial charge is 0.374 e. The summed E-state index contributed by atoms with van der Waals surface area (Å²) < 4.78 is 92.6. The summed E-state index contributed by atoms with van der Waals surface area (Å²) in [5.41, 5.74) is -3.92. The van der Waals surface area contributed by atoms with Crippen molar-refractivity contribution < 1.29 is 30.0 Å². The lowest BCUT2D eigenvalue weighted by molar-refractivity contribution is -0.0786. The van der Waals surface area contributed by atoms with E-state index >= 15 is 4.39 Å². The van der Waals surface area contributed by atoms with Crippen molar-refractivity contribution in [2.45, 2.75) is 23.6 Å². The van der Waals surface area contributed by atoms with E-state index in [-0.39, 0.29) is 6.08 Å². The molecule has 0 aromatic heterocycles. The van der Waals surface area contributed by atoms with Crippen LogP contribution in [0.15, 0.2) is 37.5 Å². The van der Waals surface area contributed by atoms with Crippen LogP contribution in [0.2, 0.25) is 0 Å². The minimum Gasteiger partial charge on any atom is -0.219 e. The number of halogens is 3. The van der Waals surface area contributed by atoms with E-state index in [1.165, 1.54) is 0 Å². The highest BCUT2D eigenvalue weighted by Crippen LogP contribution is 2.63. The molecule has 0 aromatic carbocycles. The number of allylic oxidation sites excluding steroid dienone is 2. The monoisotopic (exact) mass is 359 g/mol. The molecule has 0 aromatic rings. The predicted molar refractivity (Wildman–Crippen MR) is 76.6 cm³/mol. The standard InChI is InChI=1S/C12H16F3NO4S2/c1-6-8-10(9(3)4)11(13,7-2)21(17,18)16(5)22(19,20)12(10,14)15/h6-7H,1-3,8H2,4-5H3. The second-order valence-corrected chi connectivity index (χ2v) is 9.27. The zero-order chi connectivity index (χ0) is 17.8. The Morgan fingerprint density at radius 2 is 1.59 bits per heavy atom. The Kier molecular flexibility index (Phi) is 4.24. The third-order valence-corrected chi connectivity index (χ3v) is 8.69. The van der Waals surface area contributed by atoms with Crippen LogP contribution in [0.25, 0.3) is 0 Å². The van der Waals surface area contributed by atoms with Crippen molar-refractivity contribution in [3.05, 3.63) is 37.5 Å². The average molecular weight is 359 g/mol. The maximum absolute atomic E-state index is 15.3. The molecule has 0 amide bonds. The molecule has 22 heavy (non-hydrogen) atoms. The second kappa shape index (κ2) is 4.93. The van der Waals surface area contributed by atoms with Gasteiger partial charge in [0.15, 0.2) is 0 Å². The molecule has 1 rings (SSSR count). The van der Waals surface area contributed by atoms with Crippen LogP contribution in [-0.4, -0.2) is 37.8 Å². The molecule has 2 atom stereocenters. The van der Waals surface area contributed by atoms with Gasteiger partial charge in [0, 0.05) is 7.05 Å². The van der Waals surface area contributed by atoms with Gasteiger partial charge in [-0.05, 0) is 19.4 Å². The quantitative estimate of drug-likeness (QED) is 0.721. The fourth-order valence-electron chi connectivity index (χ4n) is 2.58. The second-order valence-electron chi connectivity index (χ2n) is 4.93. The summed E-state index contributed by atoms with van der Waals surface area (Å²) in [5, 5.41) is -8.55. The summed E-state index contributed by atoms with van der Waals surface area (Å²) >= 11 is 0. The van der Waals surface area contributed by atoms with Crippen molar-refractivity contribution in [3.63, 3.8) is 0 Å². The van der Waals surface area contributed by atoms with E-state index in [1.54, 1.807) is 0 Å². The van der Waals surface area contributed by atoms with Gasteiger partial charge in [-0.2, -0.15) is 8.78 Å². The Labute approximate surface area is 127 Å². The molecular formula is C12H16F3NO4S2. The predicted octanol–water partition coefficient (Wildman–Crippen LogP) is 2.17. The molecule has 0 spiro atoms. The fraction of sp³-hybridized carbons (Fsp3) is 0.500. The van der Waals surface area contributed by atoms with Gasteiger partial charge in [0.1, 0.15) is 5.41 Å². The Bertz CT molecular complexity index is 744. The summed E-state index contributed by atoms with van der Waals surface area (Å²) in [6.45, 7) is 10.3. The third kappa shape index (κ3) is 1.68. The lowest BCUT2D eigenvalue weighted by atomic mass is 9.73. The first-order valence-corrected chi connectivity index (χ1v) is 8.80. The van der Waals surface area contributed by atoms with Crippen LogP contribution in [0.3, 0.4) is 0 Å². The number of hydrogen-bond donors (Lipinski definition) is 0. The number of sulfonamides is 2. The highest BCUT2D eigenvalue weighted by molar-refractivity contribution is 8.05. The highest BCUT2D eigenvalue weighted by atomic mass is 32.3. The zero-order valence-corrected chi connectivity index (χ0v) is 13.6. The van der Waals surface area contributed by atoms with E-state index in [9.17, 15) is 25.6 Å². The van der Waals surface area contributed by atoms with Crippen molar-refractivity contribution in [3.8, 4) is 0 Å². The first-order valence-electron chi connectivity index (χ1n) is 5.92. The van der Waals surface area contributed by atoms with Gasteiger partial charge in [-0.3, -0.25) is 0 Å². The SMILES string of the molecule is C=CCC1(C(=C)C)C(F)(F)S(=O)(=O)N(C)S(=O)(=O)C1(F)C=C. The molecule has 1 saturated heterocycles. The maximum Gasteiger partial charge on any atom is 0.374 e. The number of hydrogen-bond acceptors (Lipinski definition) is 4. The van der Waals surface area contributed by atoms with Gasteiger partial charge in [0.05, 0.1) is 0 Å². The van der Waals surface area contributed by atoms with Gasteiger partial charge in [-0.1, -0.05) is 28.5 Å². The van der Waals surface area contributed by atoms with Gasteiger partial charge >= 0.3 is 5.25 Å². The molecule has 1 heterocycles. The molecule has 1 aliphatic heterocycles. The van der Waals surface area contributed by atoms with Gasteiger partial charge in [-0.15, -0.1) is 6.58 Å². The maximum atomic E-state index is 15.3. The lowest BCUT2D eigenvalue weighted by Crippen LogP contribution is -2.71. The van der Waals surface area contributed by atoms with Crippen LogP contribution in [0.1, 0.15) is 13.3 Å². The van der Waals surface area contributed by atoms with Crippen molar-refractivity contribution >= 4 is 20.0 Å². The van der Waals surface area contributed by atoms with E-state index in [0.717, 1.165) is 13.0 Å². The Hall–Kier alpha value is -1.13. The molecule has 0 N–H and O–H groups in total.